The van der Waals surface area contributed by atoms with Crippen molar-refractivity contribution in [2.75, 3.05) is 0 Å². The van der Waals surface area contributed by atoms with Crippen molar-refractivity contribution in [3.8, 4) is 0 Å². The molecule has 0 aliphatic rings. The molecule has 1 N–H and O–H groups in total. The quantitative estimate of drug-likeness (QED) is 0.666. The Morgan fingerprint density at radius 1 is 0.952 bits per heavy atom. The standard InChI is InChI=1S/C19H18BrN/c1-14(21-13-15-6-4-9-17(20)12-15)18-11-5-8-16-7-2-3-10-19(16)18/h2-12,14,21H,13H2,1H3. The molecule has 3 rings (SSSR count). The molecule has 0 heterocycles. The Bertz CT molecular complexity index is 746. The summed E-state index contributed by atoms with van der Waals surface area (Å²) in [6.07, 6.45) is 0. The van der Waals surface area contributed by atoms with Gasteiger partial charge in [-0.3, -0.25) is 0 Å². The minimum atomic E-state index is 0.315. The summed E-state index contributed by atoms with van der Waals surface area (Å²) in [5.74, 6) is 0. The third kappa shape index (κ3) is 3.34. The Hall–Kier alpha value is -1.64. The zero-order valence-corrected chi connectivity index (χ0v) is 13.6. The maximum absolute atomic E-state index is 3.61. The summed E-state index contributed by atoms with van der Waals surface area (Å²) in [7, 11) is 0. The van der Waals surface area contributed by atoms with E-state index in [9.17, 15) is 0 Å². The second-order valence-corrected chi connectivity index (χ2v) is 6.22. The van der Waals surface area contributed by atoms with Crippen molar-refractivity contribution in [2.24, 2.45) is 0 Å². The number of fused-ring (bicyclic) bond motifs is 1. The van der Waals surface area contributed by atoms with E-state index < -0.39 is 0 Å². The highest BCUT2D eigenvalue weighted by atomic mass is 79.9. The van der Waals surface area contributed by atoms with Gasteiger partial charge in [0.25, 0.3) is 0 Å². The van der Waals surface area contributed by atoms with Gasteiger partial charge < -0.3 is 5.32 Å². The zero-order valence-electron chi connectivity index (χ0n) is 12.0. The normalized spacial score (nSPS) is 12.5. The largest absolute Gasteiger partial charge is 0.306 e. The summed E-state index contributed by atoms with van der Waals surface area (Å²) in [5.41, 5.74) is 2.64. The Morgan fingerprint density at radius 3 is 2.57 bits per heavy atom. The van der Waals surface area contributed by atoms with E-state index in [1.807, 2.05) is 0 Å². The summed E-state index contributed by atoms with van der Waals surface area (Å²) >= 11 is 3.52. The smallest absolute Gasteiger partial charge is 0.0301 e. The first-order chi connectivity index (χ1) is 10.2. The van der Waals surface area contributed by atoms with Gasteiger partial charge in [0.15, 0.2) is 0 Å². The number of rotatable bonds is 4. The summed E-state index contributed by atoms with van der Waals surface area (Å²) in [6.45, 7) is 3.09. The van der Waals surface area contributed by atoms with Crippen molar-refractivity contribution in [3.05, 3.63) is 82.3 Å². The molecule has 3 aromatic rings. The van der Waals surface area contributed by atoms with Crippen molar-refractivity contribution in [1.29, 1.82) is 0 Å². The first-order valence-electron chi connectivity index (χ1n) is 7.19. The molecule has 2 heteroatoms. The second-order valence-electron chi connectivity index (χ2n) is 5.30. The SMILES string of the molecule is CC(NCc1cccc(Br)c1)c1cccc2ccccc12. The number of benzene rings is 3. The molecule has 106 valence electrons. The number of nitrogens with one attached hydrogen (secondary N) is 1. The average molecular weight is 340 g/mol. The van der Waals surface area contributed by atoms with Crippen molar-refractivity contribution < 1.29 is 0 Å². The summed E-state index contributed by atoms with van der Waals surface area (Å²) in [5, 5.41) is 6.24. The van der Waals surface area contributed by atoms with Gasteiger partial charge in [-0.05, 0) is 41.0 Å². The molecular weight excluding hydrogens is 322 g/mol. The van der Waals surface area contributed by atoms with Gasteiger partial charge in [-0.1, -0.05) is 70.5 Å². The van der Waals surface area contributed by atoms with Crippen LogP contribution in [0.15, 0.2) is 71.2 Å². The van der Waals surface area contributed by atoms with Crippen LogP contribution in [0.4, 0.5) is 0 Å². The maximum Gasteiger partial charge on any atom is 0.0301 e. The van der Waals surface area contributed by atoms with Crippen LogP contribution >= 0.6 is 15.9 Å². The predicted molar refractivity (Wildman–Crippen MR) is 93.3 cm³/mol. The Labute approximate surface area is 134 Å². The molecule has 0 saturated heterocycles. The molecule has 0 amide bonds. The van der Waals surface area contributed by atoms with Crippen LogP contribution < -0.4 is 5.32 Å². The molecular formula is C19H18BrN. The Morgan fingerprint density at radius 2 is 1.71 bits per heavy atom. The Balaban J connectivity index is 1.79. The molecule has 0 saturated carbocycles. The number of halogens is 1. The molecule has 1 nitrogen and oxygen atoms in total. The van der Waals surface area contributed by atoms with Crippen molar-refractivity contribution in [3.63, 3.8) is 0 Å². The maximum atomic E-state index is 3.61. The Kier molecular flexibility index (Phi) is 4.37. The van der Waals surface area contributed by atoms with Gasteiger partial charge in [-0.25, -0.2) is 0 Å². The van der Waals surface area contributed by atoms with Gasteiger partial charge in [0.2, 0.25) is 0 Å². The van der Waals surface area contributed by atoms with Gasteiger partial charge >= 0.3 is 0 Å². The van der Waals surface area contributed by atoms with E-state index in [2.05, 4.69) is 94.9 Å². The predicted octanol–water partition coefficient (Wildman–Crippen LogP) is 5.45. The zero-order chi connectivity index (χ0) is 14.7. The lowest BCUT2D eigenvalue weighted by Gasteiger charge is -2.17. The van der Waals surface area contributed by atoms with E-state index in [0.29, 0.717) is 6.04 Å². The van der Waals surface area contributed by atoms with Crippen LogP contribution in [0.3, 0.4) is 0 Å². The topological polar surface area (TPSA) is 12.0 Å². The number of hydrogen-bond acceptors (Lipinski definition) is 1. The molecule has 0 spiro atoms. The van der Waals surface area contributed by atoms with Gasteiger partial charge in [0.1, 0.15) is 0 Å². The second kappa shape index (κ2) is 6.42. The lowest BCUT2D eigenvalue weighted by atomic mass is 9.99. The van der Waals surface area contributed by atoms with Crippen LogP contribution in [0.2, 0.25) is 0 Å². The fourth-order valence-corrected chi connectivity index (χ4v) is 3.10. The molecule has 3 aromatic carbocycles. The van der Waals surface area contributed by atoms with E-state index in [-0.39, 0.29) is 0 Å². The molecule has 1 unspecified atom stereocenters. The number of hydrogen-bond donors (Lipinski definition) is 1. The highest BCUT2D eigenvalue weighted by Crippen LogP contribution is 2.24. The molecule has 0 fully saturated rings. The van der Waals surface area contributed by atoms with E-state index in [4.69, 9.17) is 0 Å². The van der Waals surface area contributed by atoms with Crippen LogP contribution in [0.1, 0.15) is 24.1 Å². The van der Waals surface area contributed by atoms with Crippen LogP contribution in [-0.4, -0.2) is 0 Å². The molecule has 0 aliphatic heterocycles. The molecule has 0 radical (unpaired) electrons. The third-order valence-electron chi connectivity index (χ3n) is 3.79. The molecule has 21 heavy (non-hydrogen) atoms. The molecule has 1 atom stereocenters. The van der Waals surface area contributed by atoms with E-state index >= 15 is 0 Å². The van der Waals surface area contributed by atoms with Gasteiger partial charge in [0.05, 0.1) is 0 Å². The highest BCUT2D eigenvalue weighted by molar-refractivity contribution is 9.10. The first kappa shape index (κ1) is 14.3. The van der Waals surface area contributed by atoms with Crippen LogP contribution in [0.25, 0.3) is 10.8 Å². The molecule has 0 aromatic heterocycles. The lowest BCUT2D eigenvalue weighted by Crippen LogP contribution is -2.18. The summed E-state index contributed by atoms with van der Waals surface area (Å²) < 4.78 is 1.12. The summed E-state index contributed by atoms with van der Waals surface area (Å²) in [6, 6.07) is 23.8. The minimum absolute atomic E-state index is 0.315. The monoisotopic (exact) mass is 339 g/mol. The van der Waals surface area contributed by atoms with E-state index in [1.165, 1.54) is 21.9 Å². The fourth-order valence-electron chi connectivity index (χ4n) is 2.66. The van der Waals surface area contributed by atoms with Gasteiger partial charge in [0, 0.05) is 17.1 Å². The molecule has 0 aliphatic carbocycles. The van der Waals surface area contributed by atoms with Crippen molar-refractivity contribution in [1.82, 2.24) is 5.32 Å². The van der Waals surface area contributed by atoms with E-state index in [0.717, 1.165) is 11.0 Å². The molecule has 0 bridgehead atoms. The third-order valence-corrected chi connectivity index (χ3v) is 4.28. The first-order valence-corrected chi connectivity index (χ1v) is 7.99. The van der Waals surface area contributed by atoms with Gasteiger partial charge in [-0.15, -0.1) is 0 Å². The van der Waals surface area contributed by atoms with Crippen LogP contribution in [-0.2, 0) is 6.54 Å². The minimum Gasteiger partial charge on any atom is -0.306 e. The van der Waals surface area contributed by atoms with Crippen LogP contribution in [0.5, 0.6) is 0 Å². The summed E-state index contributed by atoms with van der Waals surface area (Å²) in [4.78, 5) is 0. The average Bonchev–Trinajstić information content (AvgIpc) is 2.52. The lowest BCUT2D eigenvalue weighted by molar-refractivity contribution is 0.578. The van der Waals surface area contributed by atoms with Crippen molar-refractivity contribution in [2.45, 2.75) is 19.5 Å². The van der Waals surface area contributed by atoms with Crippen molar-refractivity contribution >= 4 is 26.7 Å². The fraction of sp³-hybridized carbons (Fsp3) is 0.158. The highest BCUT2D eigenvalue weighted by Gasteiger charge is 2.08. The van der Waals surface area contributed by atoms with Gasteiger partial charge in [-0.2, -0.15) is 0 Å². The van der Waals surface area contributed by atoms with Crippen LogP contribution in [0, 0.1) is 0 Å². The van der Waals surface area contributed by atoms with E-state index in [1.54, 1.807) is 0 Å².